The minimum atomic E-state index is -1.33. The molecule has 4 heteroatoms. The van der Waals surface area contributed by atoms with Gasteiger partial charge in [0.1, 0.15) is 5.75 Å². The zero-order chi connectivity index (χ0) is 17.5. The second-order valence-corrected chi connectivity index (χ2v) is 5.43. The van der Waals surface area contributed by atoms with E-state index in [1.54, 1.807) is 30.3 Å². The van der Waals surface area contributed by atoms with Gasteiger partial charge in [-0.15, -0.1) is 0 Å². The molecule has 0 heterocycles. The normalized spacial score (nSPS) is 11.6. The average molecular weight is 334 g/mol. The Hall–Kier alpha value is -3.11. The standard InChI is InChI=1S/C21H18O4/c22-20(25-21(23)18-9-5-2-6-10-18)15-24-19-13-11-17(12-14-19)16-7-3-1-4-8-16/h1-14,20,22H,15H2. The van der Waals surface area contributed by atoms with Gasteiger partial charge in [0.15, 0.2) is 6.61 Å². The summed E-state index contributed by atoms with van der Waals surface area (Å²) in [7, 11) is 0. The molecule has 25 heavy (non-hydrogen) atoms. The average Bonchev–Trinajstić information content (AvgIpc) is 2.68. The highest BCUT2D eigenvalue weighted by molar-refractivity contribution is 5.89. The third-order valence-corrected chi connectivity index (χ3v) is 3.61. The van der Waals surface area contributed by atoms with Crippen LogP contribution in [0.4, 0.5) is 0 Å². The van der Waals surface area contributed by atoms with Crippen LogP contribution in [0.15, 0.2) is 84.9 Å². The van der Waals surface area contributed by atoms with E-state index in [9.17, 15) is 9.90 Å². The fourth-order valence-corrected chi connectivity index (χ4v) is 2.34. The second kappa shape index (κ2) is 8.13. The molecule has 3 rings (SSSR count). The lowest BCUT2D eigenvalue weighted by Gasteiger charge is -2.13. The molecule has 0 fully saturated rings. The first-order valence-electron chi connectivity index (χ1n) is 7.95. The van der Waals surface area contributed by atoms with Crippen molar-refractivity contribution in [2.75, 3.05) is 6.61 Å². The third kappa shape index (κ3) is 4.68. The number of esters is 1. The Balaban J connectivity index is 1.52. The predicted octanol–water partition coefficient (Wildman–Crippen LogP) is 3.91. The number of aliphatic hydroxyl groups excluding tert-OH is 1. The topological polar surface area (TPSA) is 55.8 Å². The Morgan fingerprint density at radius 3 is 2.00 bits per heavy atom. The maximum absolute atomic E-state index is 11.8. The van der Waals surface area contributed by atoms with Crippen molar-refractivity contribution in [3.05, 3.63) is 90.5 Å². The van der Waals surface area contributed by atoms with Gasteiger partial charge >= 0.3 is 5.97 Å². The number of rotatable bonds is 6. The molecule has 1 N–H and O–H groups in total. The summed E-state index contributed by atoms with van der Waals surface area (Å²) in [5.41, 5.74) is 2.57. The van der Waals surface area contributed by atoms with Crippen molar-refractivity contribution in [1.29, 1.82) is 0 Å². The van der Waals surface area contributed by atoms with E-state index in [2.05, 4.69) is 0 Å². The van der Waals surface area contributed by atoms with Crippen LogP contribution in [0.1, 0.15) is 10.4 Å². The highest BCUT2D eigenvalue weighted by atomic mass is 16.7. The Labute approximate surface area is 146 Å². The molecule has 0 spiro atoms. The lowest BCUT2D eigenvalue weighted by atomic mass is 10.1. The summed E-state index contributed by atoms with van der Waals surface area (Å²) >= 11 is 0. The summed E-state index contributed by atoms with van der Waals surface area (Å²) in [6, 6.07) is 26.0. The lowest BCUT2D eigenvalue weighted by molar-refractivity contribution is -0.0851. The van der Waals surface area contributed by atoms with Gasteiger partial charge in [-0.1, -0.05) is 60.7 Å². The van der Waals surface area contributed by atoms with E-state index in [1.807, 2.05) is 54.6 Å². The van der Waals surface area contributed by atoms with Crippen LogP contribution in [-0.2, 0) is 4.74 Å². The monoisotopic (exact) mass is 334 g/mol. The van der Waals surface area contributed by atoms with Gasteiger partial charge in [0, 0.05) is 0 Å². The number of ether oxygens (including phenoxy) is 2. The molecule has 0 saturated carbocycles. The number of aliphatic hydroxyl groups is 1. The van der Waals surface area contributed by atoms with E-state index < -0.39 is 12.3 Å². The van der Waals surface area contributed by atoms with Crippen molar-refractivity contribution >= 4 is 5.97 Å². The van der Waals surface area contributed by atoms with E-state index in [-0.39, 0.29) is 6.61 Å². The van der Waals surface area contributed by atoms with Crippen LogP contribution < -0.4 is 4.74 Å². The van der Waals surface area contributed by atoms with E-state index in [4.69, 9.17) is 9.47 Å². The molecule has 4 nitrogen and oxygen atoms in total. The lowest BCUT2D eigenvalue weighted by Crippen LogP contribution is -2.24. The smallest absolute Gasteiger partial charge is 0.340 e. The number of hydrogen-bond acceptors (Lipinski definition) is 4. The van der Waals surface area contributed by atoms with Crippen LogP contribution in [0.25, 0.3) is 11.1 Å². The quantitative estimate of drug-likeness (QED) is 0.548. The molecule has 0 aromatic heterocycles. The van der Waals surface area contributed by atoms with Gasteiger partial charge < -0.3 is 14.6 Å². The summed E-state index contributed by atoms with van der Waals surface area (Å²) in [5, 5.41) is 9.81. The van der Waals surface area contributed by atoms with Crippen LogP contribution >= 0.6 is 0 Å². The molecule has 1 unspecified atom stereocenters. The molecule has 0 amide bonds. The Morgan fingerprint density at radius 1 is 0.800 bits per heavy atom. The first-order chi connectivity index (χ1) is 12.2. The zero-order valence-electron chi connectivity index (χ0n) is 13.5. The van der Waals surface area contributed by atoms with Crippen LogP contribution in [0.3, 0.4) is 0 Å². The van der Waals surface area contributed by atoms with Crippen molar-refractivity contribution in [1.82, 2.24) is 0 Å². The molecule has 0 aliphatic heterocycles. The van der Waals surface area contributed by atoms with Crippen molar-refractivity contribution in [2.45, 2.75) is 6.29 Å². The zero-order valence-corrected chi connectivity index (χ0v) is 13.5. The molecule has 0 aliphatic rings. The van der Waals surface area contributed by atoms with E-state index in [1.165, 1.54) is 0 Å². The SMILES string of the molecule is O=C(OC(O)COc1ccc(-c2ccccc2)cc1)c1ccccc1. The van der Waals surface area contributed by atoms with Crippen LogP contribution in [-0.4, -0.2) is 24.0 Å². The maximum Gasteiger partial charge on any atom is 0.340 e. The van der Waals surface area contributed by atoms with Crippen LogP contribution in [0, 0.1) is 0 Å². The van der Waals surface area contributed by atoms with E-state index >= 15 is 0 Å². The first kappa shape index (κ1) is 16.7. The Bertz CT molecular complexity index is 798. The van der Waals surface area contributed by atoms with Gasteiger partial charge in [0.2, 0.25) is 6.29 Å². The third-order valence-electron chi connectivity index (χ3n) is 3.61. The summed E-state index contributed by atoms with van der Waals surface area (Å²) in [6.45, 7) is -0.136. The van der Waals surface area contributed by atoms with E-state index in [0.717, 1.165) is 11.1 Å². The van der Waals surface area contributed by atoms with Gasteiger partial charge in [-0.3, -0.25) is 0 Å². The molecule has 0 aliphatic carbocycles. The van der Waals surface area contributed by atoms with Gasteiger partial charge in [-0.2, -0.15) is 0 Å². The van der Waals surface area contributed by atoms with Gasteiger partial charge in [0.05, 0.1) is 5.56 Å². The molecule has 3 aromatic rings. The largest absolute Gasteiger partial charge is 0.487 e. The molecule has 3 aromatic carbocycles. The van der Waals surface area contributed by atoms with Crippen molar-refractivity contribution in [3.8, 4) is 16.9 Å². The molecular weight excluding hydrogens is 316 g/mol. The minimum Gasteiger partial charge on any atom is -0.487 e. The predicted molar refractivity (Wildman–Crippen MR) is 95.2 cm³/mol. The number of benzene rings is 3. The molecule has 0 radical (unpaired) electrons. The second-order valence-electron chi connectivity index (χ2n) is 5.43. The Kier molecular flexibility index (Phi) is 5.44. The minimum absolute atomic E-state index is 0.136. The fourth-order valence-electron chi connectivity index (χ4n) is 2.34. The number of carbonyl (C=O) groups is 1. The summed E-state index contributed by atoms with van der Waals surface area (Å²) in [5.74, 6) is 0.00520. The highest BCUT2D eigenvalue weighted by Crippen LogP contribution is 2.22. The summed E-state index contributed by atoms with van der Waals surface area (Å²) in [4.78, 5) is 11.8. The molecular formula is C21H18O4. The van der Waals surface area contributed by atoms with Crippen molar-refractivity contribution in [2.24, 2.45) is 0 Å². The number of hydrogen-bond donors (Lipinski definition) is 1. The molecule has 126 valence electrons. The van der Waals surface area contributed by atoms with Crippen LogP contribution in [0.5, 0.6) is 5.75 Å². The van der Waals surface area contributed by atoms with Crippen molar-refractivity contribution in [3.63, 3.8) is 0 Å². The summed E-state index contributed by atoms with van der Waals surface area (Å²) in [6.07, 6.45) is -1.33. The molecule has 0 bridgehead atoms. The fraction of sp³-hybridized carbons (Fsp3) is 0.0952. The van der Waals surface area contributed by atoms with Gasteiger partial charge in [-0.05, 0) is 35.4 Å². The Morgan fingerprint density at radius 2 is 1.36 bits per heavy atom. The van der Waals surface area contributed by atoms with E-state index in [0.29, 0.717) is 11.3 Å². The van der Waals surface area contributed by atoms with Crippen molar-refractivity contribution < 1.29 is 19.4 Å². The first-order valence-corrected chi connectivity index (χ1v) is 7.95. The van der Waals surface area contributed by atoms with Gasteiger partial charge in [-0.25, -0.2) is 4.79 Å². The molecule has 1 atom stereocenters. The number of carbonyl (C=O) groups excluding carboxylic acids is 1. The maximum atomic E-state index is 11.8. The summed E-state index contributed by atoms with van der Waals surface area (Å²) < 4.78 is 10.4. The van der Waals surface area contributed by atoms with Gasteiger partial charge in [0.25, 0.3) is 0 Å². The molecule has 0 saturated heterocycles. The van der Waals surface area contributed by atoms with Crippen LogP contribution in [0.2, 0.25) is 0 Å². The highest BCUT2D eigenvalue weighted by Gasteiger charge is 2.13.